The summed E-state index contributed by atoms with van der Waals surface area (Å²) in [5, 5.41) is 0. The Morgan fingerprint density at radius 2 is 0.108 bits per heavy atom. The van der Waals surface area contributed by atoms with Crippen LogP contribution in [0.4, 0.5) is 0 Å². The third kappa shape index (κ3) is 2040. The summed E-state index contributed by atoms with van der Waals surface area (Å²) in [7, 11) is 0. The molecule has 0 aliphatic rings. The molecule has 0 aliphatic carbocycles. The van der Waals surface area contributed by atoms with E-state index in [0.29, 0.717) is 0 Å². The summed E-state index contributed by atoms with van der Waals surface area (Å²) < 4.78 is 0. The fraction of sp³-hybridized carbons (Fsp3) is 0. The van der Waals surface area contributed by atoms with E-state index in [9.17, 15) is 0 Å². The van der Waals surface area contributed by atoms with Crippen molar-refractivity contribution >= 4 is 139 Å². The van der Waals surface area contributed by atoms with Gasteiger partial charge in [-0.3, -0.25) is 0 Å². The van der Waals surface area contributed by atoms with Crippen LogP contribution in [0.25, 0.3) is 0 Å². The molecule has 0 amide bonds. The van der Waals surface area contributed by atoms with E-state index in [1.165, 1.54) is 0 Å². The molecule has 0 bridgehead atoms. The van der Waals surface area contributed by atoms with Gasteiger partial charge in [-0.25, -0.2) is 0 Å². The van der Waals surface area contributed by atoms with Crippen LogP contribution < -0.4 is 62.0 Å². The molecule has 23 nitrogen and oxygen atoms in total. The predicted octanol–water partition coefficient (Wildman–Crippen LogP) is -22.1. The Kier molecular flexibility index (Phi) is 133000. The van der Waals surface area contributed by atoms with Crippen molar-refractivity contribution in [1.29, 1.82) is 0 Å². The molecular weight excluding hydrogens is 852 g/mol. The second kappa shape index (κ2) is 2140. The molecule has 0 radical (unpaired) electrons. The molecule has 37 heteroatoms. The van der Waals surface area contributed by atoms with Crippen molar-refractivity contribution in [2.45, 2.75) is 0 Å². The van der Waals surface area contributed by atoms with Crippen molar-refractivity contribution in [3.05, 3.63) is 0 Å². The molecule has 37 heavy (non-hydrogen) atoms. The van der Waals surface area contributed by atoms with Crippen LogP contribution in [0, 0.1) is 0 Å². The summed E-state index contributed by atoms with van der Waals surface area (Å²) in [6.07, 6.45) is 0. The molecule has 0 saturated carbocycles. The molecule has 0 heterocycles. The summed E-state index contributed by atoms with van der Waals surface area (Å²) in [4.78, 5) is 0. The Morgan fingerprint density at radius 3 is 0.108 bits per heavy atom. The number of halogens is 5. The predicted molar refractivity (Wildman–Crippen MR) is 90.6 cm³/mol. The maximum atomic E-state index is 0. The summed E-state index contributed by atoms with van der Waals surface area (Å²) in [5.74, 6) is 0. The minimum Gasteiger partial charge on any atom is -1.00 e. The molecular formula is H23Al8Cl5O23Zr-2. The van der Waals surface area contributed by atoms with Crippen LogP contribution in [0.2, 0.25) is 0 Å². The maximum absolute atomic E-state index is 0. The third-order valence-corrected chi connectivity index (χ3v) is 0. The number of hydrogen-bond donors (Lipinski definition) is 0. The van der Waals surface area contributed by atoms with Crippen molar-refractivity contribution < 1.29 is 214 Å². The van der Waals surface area contributed by atoms with Crippen molar-refractivity contribution in [2.24, 2.45) is 0 Å². The Morgan fingerprint density at radius 1 is 0.108 bits per heavy atom. The van der Waals surface area contributed by atoms with Gasteiger partial charge in [0.15, 0.2) is 0 Å². The second-order valence-electron chi connectivity index (χ2n) is 0. The fourth-order valence-corrected chi connectivity index (χ4v) is 0. The monoisotopic (exact) mass is 872 g/mol. The van der Waals surface area contributed by atoms with E-state index < -0.39 is 0 Å². The Hall–Kier alpha value is 5.67. The van der Waals surface area contributed by atoms with Gasteiger partial charge in [-0.05, 0) is 0 Å². The van der Waals surface area contributed by atoms with Gasteiger partial charge in [-0.1, -0.05) is 0 Å². The van der Waals surface area contributed by atoms with Gasteiger partial charge in [0.05, 0.1) is 0 Å². The van der Waals surface area contributed by atoms with E-state index in [4.69, 9.17) is 0 Å². The Labute approximate surface area is 348 Å². The molecule has 0 atom stereocenters. The first-order chi connectivity index (χ1) is 0. The van der Waals surface area contributed by atoms with Crippen LogP contribution in [0.3, 0.4) is 0 Å². The van der Waals surface area contributed by atoms with Gasteiger partial charge in [0, 0.05) is 0 Å². The van der Waals surface area contributed by atoms with Crippen LogP contribution in [-0.2, 0) is 26.2 Å². The van der Waals surface area contributed by atoms with Crippen molar-refractivity contribution in [3.63, 3.8) is 0 Å². The number of hydrogen-bond acceptors (Lipinski definition) is 23. The van der Waals surface area contributed by atoms with Crippen LogP contribution in [0.1, 0.15) is 0 Å². The summed E-state index contributed by atoms with van der Waals surface area (Å²) in [5.41, 5.74) is 0. The average molecular weight is 876 g/mol. The minimum atomic E-state index is 0. The zero-order valence-electron chi connectivity index (χ0n) is 17.3. The zero-order chi connectivity index (χ0) is 0. The molecule has 226 valence electrons. The molecule has 0 saturated heterocycles. The van der Waals surface area contributed by atoms with E-state index in [1.807, 2.05) is 0 Å². The first kappa shape index (κ1) is 2300. The molecule has 0 aromatic rings. The van der Waals surface area contributed by atoms with Crippen LogP contribution >= 0.6 is 0 Å². The average Bonchev–Trinajstić information content (AvgIpc) is 0. The third-order valence-electron chi connectivity index (χ3n) is 0. The van der Waals surface area contributed by atoms with E-state index in [-0.39, 0.29) is 353 Å². The molecule has 0 spiro atoms. The molecule has 0 rings (SSSR count). The molecule has 0 aromatic carbocycles. The summed E-state index contributed by atoms with van der Waals surface area (Å²) in [6, 6.07) is 0. The van der Waals surface area contributed by atoms with Gasteiger partial charge < -0.3 is 188 Å². The van der Waals surface area contributed by atoms with Gasteiger partial charge in [0.25, 0.3) is 0 Å². The summed E-state index contributed by atoms with van der Waals surface area (Å²) >= 11 is 0. The van der Waals surface area contributed by atoms with E-state index in [1.54, 1.807) is 0 Å². The fourth-order valence-electron chi connectivity index (χ4n) is 0. The standard InChI is InChI=1S/8Al.5ClH.23H2O.Zr/h;;;;;;;;5*1H;23*1H2;/q8*+3;;;;;;;;;;;;;;;;;;;;;;;;;;;;;+2/p-28. The first-order valence-corrected chi connectivity index (χ1v) is 0. The molecule has 0 unspecified atom stereocenters. The van der Waals surface area contributed by atoms with Crippen LogP contribution in [0.15, 0.2) is 0 Å². The van der Waals surface area contributed by atoms with Gasteiger partial charge in [0.1, 0.15) is 0 Å². The molecule has 0 fully saturated rings. The van der Waals surface area contributed by atoms with Gasteiger partial charge in [-0.15, -0.1) is 0 Å². The van der Waals surface area contributed by atoms with Crippen molar-refractivity contribution in [1.82, 2.24) is 0 Å². The first-order valence-electron chi connectivity index (χ1n) is 0. The van der Waals surface area contributed by atoms with Crippen LogP contribution in [0.5, 0.6) is 0 Å². The molecule has 0 aliphatic heterocycles. The van der Waals surface area contributed by atoms with Gasteiger partial charge >= 0.3 is 165 Å². The smallest absolute Gasteiger partial charge is 1.00 e. The maximum Gasteiger partial charge on any atom is 3.00 e. The van der Waals surface area contributed by atoms with E-state index in [2.05, 4.69) is 0 Å². The topological polar surface area (TPSA) is 690 Å². The summed E-state index contributed by atoms with van der Waals surface area (Å²) in [6.45, 7) is 0. The van der Waals surface area contributed by atoms with Gasteiger partial charge in [-0.2, -0.15) is 0 Å². The number of rotatable bonds is 0. The van der Waals surface area contributed by atoms with E-state index in [0.717, 1.165) is 0 Å². The normalized spacial score (nSPS) is 0. The second-order valence-corrected chi connectivity index (χ2v) is 0. The van der Waals surface area contributed by atoms with Crippen molar-refractivity contribution in [2.75, 3.05) is 0 Å². The Balaban J connectivity index is 0. The van der Waals surface area contributed by atoms with Crippen molar-refractivity contribution in [3.8, 4) is 0 Å². The quantitative estimate of drug-likeness (QED) is 0.204. The van der Waals surface area contributed by atoms with Crippen LogP contribution in [-0.4, -0.2) is 265 Å². The van der Waals surface area contributed by atoms with Gasteiger partial charge in [0.2, 0.25) is 0 Å². The minimum absolute atomic E-state index is 0. The molecule has 23 N–H and O–H groups in total. The van der Waals surface area contributed by atoms with E-state index >= 15 is 0 Å². The largest absolute Gasteiger partial charge is 3.00 e. The SMILES string of the molecule is [Al+3].[Al+3].[Al+3].[Al+3].[Al+3].[Al+3].[Al+3].[Al+3].[Cl-].[Cl-].[Cl-].[Cl-].[Cl-].[OH-].[OH-].[OH-].[OH-].[OH-].[OH-].[OH-].[OH-].[OH-].[OH-].[OH-].[OH-].[OH-].[OH-].[OH-].[OH-].[OH-].[OH-].[OH-].[OH-].[OH-].[OH-].[OH-].[Zr+2]. The zero-order valence-corrected chi connectivity index (χ0v) is 32.8. The Bertz CT molecular complexity index is 53.1. The molecule has 0 aromatic heterocycles.